The molecule has 112 valence electrons. The summed E-state index contributed by atoms with van der Waals surface area (Å²) in [6.45, 7) is 0. The predicted molar refractivity (Wildman–Crippen MR) is 84.0 cm³/mol. The van der Waals surface area contributed by atoms with Crippen molar-refractivity contribution < 1.29 is 9.18 Å². The second kappa shape index (κ2) is 5.21. The maximum atomic E-state index is 13.1. The van der Waals surface area contributed by atoms with Gasteiger partial charge >= 0.3 is 6.03 Å². The van der Waals surface area contributed by atoms with Gasteiger partial charge in [-0.1, -0.05) is 47.0 Å². The average molecular weight is 369 g/mol. The lowest BCUT2D eigenvalue weighted by Gasteiger charge is -2.23. The molecule has 1 aromatic carbocycles. The van der Waals surface area contributed by atoms with E-state index in [1.165, 1.54) is 29.2 Å². The van der Waals surface area contributed by atoms with Crippen LogP contribution in [0.1, 0.15) is 6.42 Å². The first-order valence-corrected chi connectivity index (χ1v) is 7.58. The molecule has 2 aliphatic rings. The van der Waals surface area contributed by atoms with E-state index in [1.807, 2.05) is 0 Å². The van der Waals surface area contributed by atoms with E-state index in [0.717, 1.165) is 9.87 Å². The number of benzene rings is 1. The lowest BCUT2D eigenvalue weighted by atomic mass is 10.2. The Morgan fingerprint density at radius 2 is 1.86 bits per heavy atom. The highest BCUT2D eigenvalue weighted by Crippen LogP contribution is 2.41. The Morgan fingerprint density at radius 1 is 1.29 bits per heavy atom. The largest absolute Gasteiger partial charge is 0.343 e. The lowest BCUT2D eigenvalue weighted by molar-refractivity contribution is 0.197. The number of nitrogens with one attached hydrogen (secondary N) is 1. The second-order valence-electron chi connectivity index (χ2n) is 4.78. The van der Waals surface area contributed by atoms with Crippen molar-refractivity contribution in [2.45, 2.75) is 16.5 Å². The quantitative estimate of drug-likeness (QED) is 0.492. The van der Waals surface area contributed by atoms with Crippen molar-refractivity contribution in [3.05, 3.63) is 30.1 Å². The van der Waals surface area contributed by atoms with Crippen LogP contribution < -0.4 is 10.3 Å². The highest BCUT2D eigenvalue weighted by molar-refractivity contribution is 7.81. The monoisotopic (exact) mass is 367 g/mol. The highest BCUT2D eigenvalue weighted by Gasteiger charge is 2.53. The number of alkyl halides is 3. The molecule has 0 aromatic heterocycles. The van der Waals surface area contributed by atoms with Crippen molar-refractivity contribution in [2.24, 2.45) is 5.92 Å². The minimum absolute atomic E-state index is 0.00588. The number of carbonyl (C=O) groups is 1. The molecule has 0 radical (unpaired) electrons. The minimum Gasteiger partial charge on any atom is -0.275 e. The summed E-state index contributed by atoms with van der Waals surface area (Å²) < 4.78 is 11.1. The van der Waals surface area contributed by atoms with Crippen LogP contribution in [-0.4, -0.2) is 26.0 Å². The Bertz CT molecular complexity index is 607. The molecule has 21 heavy (non-hydrogen) atoms. The van der Waals surface area contributed by atoms with E-state index in [-0.39, 0.29) is 5.92 Å². The maximum Gasteiger partial charge on any atom is 0.343 e. The molecular formula is C12H9Cl3FN3OS. The highest BCUT2D eigenvalue weighted by atomic mass is 35.6. The van der Waals surface area contributed by atoms with Gasteiger partial charge in [-0.15, -0.1) is 0 Å². The normalized spacial score (nSPS) is 25.7. The SMILES string of the molecule is O=C1N(c2ccc(F)cc2)C(C2CC2=S)NN1C(Cl)(Cl)Cl. The number of rotatable bonds is 2. The zero-order valence-electron chi connectivity index (χ0n) is 10.4. The van der Waals surface area contributed by atoms with E-state index in [4.69, 9.17) is 47.0 Å². The smallest absolute Gasteiger partial charge is 0.275 e. The van der Waals surface area contributed by atoms with Crippen LogP contribution in [-0.2, 0) is 0 Å². The van der Waals surface area contributed by atoms with Crippen LogP contribution in [0.25, 0.3) is 0 Å². The van der Waals surface area contributed by atoms with Gasteiger partial charge in [0, 0.05) is 16.5 Å². The summed E-state index contributed by atoms with van der Waals surface area (Å²) in [7, 11) is 0. The molecule has 1 N–H and O–H groups in total. The Kier molecular flexibility index (Phi) is 3.78. The average Bonchev–Trinajstić information content (AvgIpc) is 3.00. The molecule has 1 aromatic rings. The Morgan fingerprint density at radius 3 is 2.33 bits per heavy atom. The number of thiocarbonyl (C=S) groups is 1. The van der Waals surface area contributed by atoms with Gasteiger partial charge in [0.15, 0.2) is 0 Å². The molecule has 1 aliphatic heterocycles. The van der Waals surface area contributed by atoms with Crippen molar-refractivity contribution in [3.63, 3.8) is 0 Å². The summed E-state index contributed by atoms with van der Waals surface area (Å²) in [5, 5.41) is 0.923. The van der Waals surface area contributed by atoms with Gasteiger partial charge in [0.25, 0.3) is 3.92 Å². The number of carbonyl (C=O) groups excluding carboxylic acids is 1. The summed E-state index contributed by atoms with van der Waals surface area (Å²) in [5.74, 6) is -0.388. The predicted octanol–water partition coefficient (Wildman–Crippen LogP) is 3.62. The van der Waals surface area contributed by atoms with Crippen LogP contribution in [0.5, 0.6) is 0 Å². The van der Waals surface area contributed by atoms with Gasteiger partial charge in [0.1, 0.15) is 12.0 Å². The first kappa shape index (κ1) is 15.2. The van der Waals surface area contributed by atoms with Crippen LogP contribution >= 0.6 is 47.0 Å². The van der Waals surface area contributed by atoms with Crippen molar-refractivity contribution >= 4 is 63.6 Å². The zero-order chi connectivity index (χ0) is 15.4. The van der Waals surface area contributed by atoms with Crippen LogP contribution in [0.15, 0.2) is 24.3 Å². The molecule has 2 unspecified atom stereocenters. The Labute approximate surface area is 140 Å². The van der Waals surface area contributed by atoms with Crippen molar-refractivity contribution in [1.82, 2.24) is 10.4 Å². The first-order chi connectivity index (χ1) is 9.79. The van der Waals surface area contributed by atoms with Gasteiger partial charge in [-0.25, -0.2) is 19.6 Å². The van der Waals surface area contributed by atoms with Crippen LogP contribution in [0.4, 0.5) is 14.9 Å². The van der Waals surface area contributed by atoms with E-state index in [1.54, 1.807) is 0 Å². The van der Waals surface area contributed by atoms with Crippen molar-refractivity contribution in [3.8, 4) is 0 Å². The molecule has 1 aliphatic carbocycles. The molecule has 2 amide bonds. The van der Waals surface area contributed by atoms with Gasteiger partial charge in [0.05, 0.1) is 0 Å². The summed E-state index contributed by atoms with van der Waals surface area (Å²) >= 11 is 22.5. The Balaban J connectivity index is 1.96. The molecule has 1 saturated heterocycles. The Hall–Kier alpha value is -0.660. The lowest BCUT2D eigenvalue weighted by Crippen LogP contribution is -2.45. The van der Waals surface area contributed by atoms with Gasteiger partial charge in [-0.05, 0) is 30.7 Å². The van der Waals surface area contributed by atoms with E-state index in [9.17, 15) is 9.18 Å². The second-order valence-corrected chi connectivity index (χ2v) is 7.53. The van der Waals surface area contributed by atoms with E-state index >= 15 is 0 Å². The number of urea groups is 1. The number of amides is 2. The van der Waals surface area contributed by atoms with Crippen LogP contribution in [0.3, 0.4) is 0 Å². The molecule has 0 spiro atoms. The minimum atomic E-state index is -1.93. The van der Waals surface area contributed by atoms with Crippen LogP contribution in [0.2, 0.25) is 0 Å². The molecule has 2 atom stereocenters. The van der Waals surface area contributed by atoms with E-state index in [0.29, 0.717) is 12.1 Å². The summed E-state index contributed by atoms with van der Waals surface area (Å²) in [5.41, 5.74) is 3.37. The van der Waals surface area contributed by atoms with Gasteiger partial charge in [-0.2, -0.15) is 0 Å². The maximum absolute atomic E-state index is 13.1. The molecular weight excluding hydrogens is 360 g/mol. The van der Waals surface area contributed by atoms with Crippen molar-refractivity contribution in [2.75, 3.05) is 4.90 Å². The molecule has 1 heterocycles. The first-order valence-electron chi connectivity index (χ1n) is 6.03. The molecule has 0 bridgehead atoms. The molecule has 1 saturated carbocycles. The van der Waals surface area contributed by atoms with E-state index in [2.05, 4.69) is 5.43 Å². The number of hydrazine groups is 1. The number of nitrogens with zero attached hydrogens (tertiary/aromatic N) is 2. The summed E-state index contributed by atoms with van der Waals surface area (Å²) in [6, 6.07) is 5.00. The molecule has 3 rings (SSSR count). The number of hydrogen-bond acceptors (Lipinski definition) is 3. The summed E-state index contributed by atoms with van der Waals surface area (Å²) in [4.78, 5) is 14.8. The fourth-order valence-corrected chi connectivity index (χ4v) is 2.91. The molecule has 9 heteroatoms. The summed E-state index contributed by atoms with van der Waals surface area (Å²) in [6.07, 6.45) is 0.275. The van der Waals surface area contributed by atoms with Gasteiger partial charge in [0.2, 0.25) is 0 Å². The standard InChI is InChI=1S/C12H9Cl3FN3OS/c13-12(14,15)19-11(20)18(7-3-1-6(16)2-4-7)10(17-19)8-5-9(8)21/h1-4,8,10,17H,5H2. The zero-order valence-corrected chi connectivity index (χ0v) is 13.5. The van der Waals surface area contributed by atoms with Crippen LogP contribution in [0, 0.1) is 11.7 Å². The third kappa shape index (κ3) is 2.83. The fourth-order valence-electron chi connectivity index (χ4n) is 2.24. The van der Waals surface area contributed by atoms with Gasteiger partial charge in [-0.3, -0.25) is 4.90 Å². The number of halogens is 4. The number of hydrogen-bond donors (Lipinski definition) is 1. The third-order valence-corrected chi connectivity index (χ3v) is 4.33. The third-order valence-electron chi connectivity index (χ3n) is 3.35. The number of anilines is 1. The van der Waals surface area contributed by atoms with Crippen molar-refractivity contribution in [1.29, 1.82) is 0 Å². The fraction of sp³-hybridized carbons (Fsp3) is 0.333. The van der Waals surface area contributed by atoms with Gasteiger partial charge < -0.3 is 0 Å². The molecule has 2 fully saturated rings. The molecule has 4 nitrogen and oxygen atoms in total. The van der Waals surface area contributed by atoms with E-state index < -0.39 is 21.9 Å². The topological polar surface area (TPSA) is 35.6 Å².